The summed E-state index contributed by atoms with van der Waals surface area (Å²) in [5, 5.41) is 14.9. The zero-order chi connectivity index (χ0) is 27.7. The summed E-state index contributed by atoms with van der Waals surface area (Å²) in [7, 11) is 0. The number of carbonyl (C=O) groups excluding carboxylic acids is 3. The number of ether oxygens (including phenoxy) is 1. The van der Waals surface area contributed by atoms with Crippen LogP contribution in [0.1, 0.15) is 39.7 Å². The van der Waals surface area contributed by atoms with Gasteiger partial charge in [-0.2, -0.15) is 0 Å². The number of epoxide rings is 1. The van der Waals surface area contributed by atoms with Crippen molar-refractivity contribution in [2.45, 2.75) is 64.4 Å². The van der Waals surface area contributed by atoms with E-state index in [0.29, 0.717) is 18.4 Å². The van der Waals surface area contributed by atoms with Gasteiger partial charge in [0.15, 0.2) is 11.6 Å². The van der Waals surface area contributed by atoms with E-state index in [1.807, 2.05) is 49.5 Å². The first-order chi connectivity index (χ1) is 18.6. The molecule has 1 saturated carbocycles. The molecule has 2 saturated heterocycles. The fourth-order valence-corrected chi connectivity index (χ4v) is 7.66. The second-order valence-electron chi connectivity index (χ2n) is 12.1. The van der Waals surface area contributed by atoms with Crippen molar-refractivity contribution < 1.29 is 24.2 Å². The molecule has 2 aliphatic heterocycles. The van der Waals surface area contributed by atoms with Crippen molar-refractivity contribution in [2.24, 2.45) is 29.1 Å². The number of aliphatic hydroxyl groups excluding tert-OH is 1. The second kappa shape index (κ2) is 9.14. The molecule has 2 aliphatic carbocycles. The van der Waals surface area contributed by atoms with Gasteiger partial charge in [-0.3, -0.25) is 14.4 Å². The van der Waals surface area contributed by atoms with Crippen LogP contribution < -0.4 is 5.32 Å². The van der Waals surface area contributed by atoms with Crippen LogP contribution in [0.5, 0.6) is 0 Å². The molecule has 0 radical (unpaired) electrons. The van der Waals surface area contributed by atoms with Crippen LogP contribution in [-0.4, -0.2) is 51.4 Å². The molecule has 1 spiro atoms. The van der Waals surface area contributed by atoms with E-state index >= 15 is 0 Å². The lowest BCUT2D eigenvalue weighted by atomic mass is 9.51. The molecule has 1 amide bonds. The van der Waals surface area contributed by atoms with Gasteiger partial charge in [0.05, 0.1) is 11.7 Å². The van der Waals surface area contributed by atoms with Gasteiger partial charge in [-0.05, 0) is 67.9 Å². The maximum Gasteiger partial charge on any atom is 0.235 e. The molecule has 3 N–H and O–H groups in total. The largest absolute Gasteiger partial charge is 0.381 e. The van der Waals surface area contributed by atoms with Crippen LogP contribution in [-0.2, 0) is 25.5 Å². The number of aliphatic hydroxyl groups is 1. The van der Waals surface area contributed by atoms with Crippen molar-refractivity contribution in [3.63, 3.8) is 0 Å². The van der Waals surface area contributed by atoms with Gasteiger partial charge in [0.2, 0.25) is 5.91 Å². The van der Waals surface area contributed by atoms with Gasteiger partial charge < -0.3 is 20.1 Å². The molecule has 1 unspecified atom stereocenters. The molecule has 204 valence electrons. The summed E-state index contributed by atoms with van der Waals surface area (Å²) in [5.41, 5.74) is 0.805. The Labute approximate surface area is 228 Å². The molecule has 7 heteroatoms. The number of nitrogens with one attached hydrogen (secondary N) is 2. The highest BCUT2D eigenvalue weighted by Gasteiger charge is 2.78. The number of fused-ring (bicyclic) bond motifs is 3. The maximum absolute atomic E-state index is 14.2. The topological polar surface area (TPSA) is 112 Å². The van der Waals surface area contributed by atoms with Crippen molar-refractivity contribution in [3.8, 4) is 0 Å². The number of hydrogen-bond acceptors (Lipinski definition) is 5. The lowest BCUT2D eigenvalue weighted by Gasteiger charge is -2.45. The van der Waals surface area contributed by atoms with E-state index in [1.165, 1.54) is 6.08 Å². The zero-order valence-electron chi connectivity index (χ0n) is 22.8. The predicted molar refractivity (Wildman–Crippen MR) is 148 cm³/mol. The van der Waals surface area contributed by atoms with E-state index in [0.717, 1.165) is 22.5 Å². The minimum absolute atomic E-state index is 0.0666. The van der Waals surface area contributed by atoms with Crippen LogP contribution in [0.25, 0.3) is 10.9 Å². The molecule has 3 heterocycles. The van der Waals surface area contributed by atoms with Crippen LogP contribution in [0.4, 0.5) is 0 Å². The van der Waals surface area contributed by atoms with Crippen LogP contribution in [0.3, 0.4) is 0 Å². The average Bonchev–Trinajstić information content (AvgIpc) is 3.31. The number of benzene rings is 1. The third-order valence-corrected chi connectivity index (χ3v) is 9.86. The van der Waals surface area contributed by atoms with Gasteiger partial charge in [-0.15, -0.1) is 0 Å². The molecule has 1 aromatic heterocycles. The lowest BCUT2D eigenvalue weighted by molar-refractivity contribution is -0.145. The number of hydrogen-bond donors (Lipinski definition) is 3. The Bertz CT molecular complexity index is 1450. The van der Waals surface area contributed by atoms with Gasteiger partial charge in [-0.1, -0.05) is 50.3 Å². The van der Waals surface area contributed by atoms with Crippen LogP contribution in [0.15, 0.2) is 66.4 Å². The summed E-state index contributed by atoms with van der Waals surface area (Å²) in [4.78, 5) is 44.5. The molecular weight excluding hydrogens is 492 g/mol. The standard InChI is InChI=1S/C32H36N2O5/c1-17-8-7-10-22-29-31(4,39-29)19(3)27-24(15-20-16-33-23-11-6-5-9-21(20)23)34-30(38)32(22,27)26(36)13-12-25(35)28(37)18(2)14-17/h5-7,9-14,16-17,19,22,24,27-29,33,37H,8,15H2,1-4H3,(H,34,38)/b10-7+,13-12+,18-14+/t17?,19-,22-,24-,27-,28+,29-,31+,32+/m0/s1. The van der Waals surface area contributed by atoms with Crippen molar-refractivity contribution in [3.05, 3.63) is 72.0 Å². The molecule has 9 atom stereocenters. The fraction of sp³-hybridized carbons (Fsp3) is 0.469. The number of rotatable bonds is 2. The van der Waals surface area contributed by atoms with E-state index in [4.69, 9.17) is 4.74 Å². The molecular formula is C32H36N2O5. The molecule has 0 bridgehead atoms. The fourth-order valence-electron chi connectivity index (χ4n) is 7.66. The smallest absolute Gasteiger partial charge is 0.235 e. The van der Waals surface area contributed by atoms with Crippen LogP contribution >= 0.6 is 0 Å². The molecule has 7 nitrogen and oxygen atoms in total. The van der Waals surface area contributed by atoms with E-state index in [-0.39, 0.29) is 35.8 Å². The van der Waals surface area contributed by atoms with Gasteiger partial charge in [0, 0.05) is 35.0 Å². The van der Waals surface area contributed by atoms with Gasteiger partial charge in [-0.25, -0.2) is 0 Å². The number of ketones is 2. The SMILES string of the molecule is C/C1=C\C(C)C/C=C/[C@H]2[C@@H]3O[C@]3(C)[C@@H](C)[C@H]3[C@H](Cc4c[nH]c5ccccc45)NC(=O)[C@]32C(=O)/C=C/C(=O)[C@@H]1O. The summed E-state index contributed by atoms with van der Waals surface area (Å²) >= 11 is 0. The van der Waals surface area contributed by atoms with E-state index < -0.39 is 34.6 Å². The van der Waals surface area contributed by atoms with Gasteiger partial charge in [0.1, 0.15) is 11.5 Å². The number of carbonyl (C=O) groups is 3. The second-order valence-corrected chi connectivity index (χ2v) is 12.1. The van der Waals surface area contributed by atoms with Crippen molar-refractivity contribution in [1.82, 2.24) is 10.3 Å². The minimum atomic E-state index is -1.41. The molecule has 39 heavy (non-hydrogen) atoms. The normalized spacial score (nSPS) is 43.1. The van der Waals surface area contributed by atoms with Crippen LogP contribution in [0, 0.1) is 29.1 Å². The summed E-state index contributed by atoms with van der Waals surface area (Å²) in [5.74, 6) is -2.11. The van der Waals surface area contributed by atoms with Crippen molar-refractivity contribution in [2.75, 3.05) is 0 Å². The Hall–Kier alpha value is -3.29. The van der Waals surface area contributed by atoms with E-state index in [2.05, 4.69) is 30.2 Å². The number of H-pyrrole nitrogens is 1. The Morgan fingerprint density at radius 3 is 2.69 bits per heavy atom. The first-order valence-electron chi connectivity index (χ1n) is 13.9. The summed E-state index contributed by atoms with van der Waals surface area (Å²) in [6.45, 7) is 7.90. The number of amides is 1. The van der Waals surface area contributed by atoms with E-state index in [1.54, 1.807) is 6.92 Å². The number of aromatic nitrogens is 1. The number of aromatic amines is 1. The summed E-state index contributed by atoms with van der Waals surface area (Å²) < 4.78 is 6.33. The maximum atomic E-state index is 14.2. The predicted octanol–water partition coefficient (Wildman–Crippen LogP) is 3.83. The zero-order valence-corrected chi connectivity index (χ0v) is 22.8. The first-order valence-corrected chi connectivity index (χ1v) is 13.9. The molecule has 4 aliphatic rings. The third kappa shape index (κ3) is 3.81. The van der Waals surface area contributed by atoms with Gasteiger partial charge >= 0.3 is 0 Å². The lowest BCUT2D eigenvalue weighted by Crippen LogP contribution is -2.58. The number of para-hydroxylation sites is 1. The highest BCUT2D eigenvalue weighted by molar-refractivity contribution is 6.15. The summed E-state index contributed by atoms with van der Waals surface area (Å²) in [6.07, 6.45) is 9.89. The highest BCUT2D eigenvalue weighted by atomic mass is 16.6. The first kappa shape index (κ1) is 26.0. The third-order valence-electron chi connectivity index (χ3n) is 9.86. The average molecular weight is 529 g/mol. The molecule has 3 fully saturated rings. The Morgan fingerprint density at radius 2 is 1.90 bits per heavy atom. The minimum Gasteiger partial charge on any atom is -0.381 e. The molecule has 2 aromatic rings. The Morgan fingerprint density at radius 1 is 1.13 bits per heavy atom. The van der Waals surface area contributed by atoms with Crippen molar-refractivity contribution in [1.29, 1.82) is 0 Å². The van der Waals surface area contributed by atoms with Crippen LogP contribution in [0.2, 0.25) is 0 Å². The van der Waals surface area contributed by atoms with Crippen molar-refractivity contribution >= 4 is 28.4 Å². The molecule has 1 aromatic carbocycles. The Balaban J connectivity index is 1.46. The van der Waals surface area contributed by atoms with E-state index in [9.17, 15) is 19.5 Å². The summed E-state index contributed by atoms with van der Waals surface area (Å²) in [6, 6.07) is 7.77. The highest BCUT2D eigenvalue weighted by Crippen LogP contribution is 2.66. The molecule has 6 rings (SSSR count). The monoisotopic (exact) mass is 528 g/mol. The van der Waals surface area contributed by atoms with Gasteiger partial charge in [0.25, 0.3) is 0 Å². The quantitative estimate of drug-likeness (QED) is 0.312. The number of allylic oxidation sites excluding steroid dienone is 3. The Kier molecular flexibility index (Phi) is 6.08.